The van der Waals surface area contributed by atoms with Gasteiger partial charge in [-0.05, 0) is 18.6 Å². The van der Waals surface area contributed by atoms with Gasteiger partial charge in [0.05, 0.1) is 17.6 Å². The summed E-state index contributed by atoms with van der Waals surface area (Å²) in [7, 11) is 0. The van der Waals surface area contributed by atoms with E-state index in [0.29, 0.717) is 5.39 Å². The van der Waals surface area contributed by atoms with E-state index in [1.165, 1.54) is 4.68 Å². The lowest BCUT2D eigenvalue weighted by molar-refractivity contribution is -0.122. The van der Waals surface area contributed by atoms with Crippen LogP contribution in [0.4, 0.5) is 0 Å². The first-order valence-electron chi connectivity index (χ1n) is 7.44. The Morgan fingerprint density at radius 1 is 1.13 bits per heavy atom. The quantitative estimate of drug-likeness (QED) is 0.804. The van der Waals surface area contributed by atoms with Crippen molar-refractivity contribution in [2.75, 3.05) is 0 Å². The molecular weight excluding hydrogens is 290 g/mol. The Hall–Kier alpha value is -2.95. The van der Waals surface area contributed by atoms with Crippen LogP contribution in [-0.4, -0.2) is 15.7 Å². The van der Waals surface area contributed by atoms with Gasteiger partial charge in [0, 0.05) is 5.39 Å². The van der Waals surface area contributed by atoms with Gasteiger partial charge < -0.3 is 5.32 Å². The lowest BCUT2D eigenvalue weighted by Crippen LogP contribution is -2.34. The lowest BCUT2D eigenvalue weighted by atomic mass is 10.1. The number of hydrogen-bond acceptors (Lipinski definition) is 3. The van der Waals surface area contributed by atoms with Gasteiger partial charge >= 0.3 is 0 Å². The second kappa shape index (κ2) is 6.44. The Labute approximate surface area is 133 Å². The summed E-state index contributed by atoms with van der Waals surface area (Å²) < 4.78 is 1.19. The van der Waals surface area contributed by atoms with Crippen molar-refractivity contribution in [2.45, 2.75) is 19.5 Å². The molecule has 23 heavy (non-hydrogen) atoms. The fourth-order valence-electron chi connectivity index (χ4n) is 2.49. The Balaban J connectivity index is 1.76. The molecule has 1 heterocycles. The van der Waals surface area contributed by atoms with Crippen LogP contribution in [0.3, 0.4) is 0 Å². The van der Waals surface area contributed by atoms with E-state index in [1.807, 2.05) is 49.4 Å². The molecule has 1 aromatic heterocycles. The van der Waals surface area contributed by atoms with Crippen molar-refractivity contribution in [3.05, 3.63) is 76.7 Å². The molecule has 1 amide bonds. The monoisotopic (exact) mass is 307 g/mol. The molecule has 5 heteroatoms. The van der Waals surface area contributed by atoms with Crippen molar-refractivity contribution in [3.63, 3.8) is 0 Å². The van der Waals surface area contributed by atoms with Gasteiger partial charge in [-0.1, -0.05) is 48.5 Å². The zero-order valence-corrected chi connectivity index (χ0v) is 12.8. The highest BCUT2D eigenvalue weighted by Gasteiger charge is 2.12. The molecule has 0 radical (unpaired) electrons. The highest BCUT2D eigenvalue weighted by atomic mass is 16.2. The number of hydrogen-bond donors (Lipinski definition) is 1. The van der Waals surface area contributed by atoms with Gasteiger partial charge in [-0.3, -0.25) is 9.59 Å². The van der Waals surface area contributed by atoms with Crippen molar-refractivity contribution in [2.24, 2.45) is 0 Å². The zero-order chi connectivity index (χ0) is 16.2. The van der Waals surface area contributed by atoms with Crippen molar-refractivity contribution >= 4 is 16.7 Å². The Morgan fingerprint density at radius 2 is 1.83 bits per heavy atom. The van der Waals surface area contributed by atoms with Crippen molar-refractivity contribution in [1.29, 1.82) is 0 Å². The molecule has 1 N–H and O–H groups in total. The van der Waals surface area contributed by atoms with Gasteiger partial charge in [-0.15, -0.1) is 0 Å². The third-order valence-corrected chi connectivity index (χ3v) is 3.73. The van der Waals surface area contributed by atoms with Gasteiger partial charge in [0.1, 0.15) is 6.54 Å². The smallest absolute Gasteiger partial charge is 0.275 e. The summed E-state index contributed by atoms with van der Waals surface area (Å²) in [6.07, 6.45) is 1.60. The van der Waals surface area contributed by atoms with Crippen LogP contribution in [0.15, 0.2) is 65.6 Å². The van der Waals surface area contributed by atoms with Crippen LogP contribution in [0.5, 0.6) is 0 Å². The molecule has 3 aromatic rings. The average molecular weight is 307 g/mol. The van der Waals surface area contributed by atoms with E-state index in [1.54, 1.807) is 18.3 Å². The molecule has 0 bridgehead atoms. The minimum atomic E-state index is -0.259. The van der Waals surface area contributed by atoms with Gasteiger partial charge in [-0.2, -0.15) is 5.10 Å². The SMILES string of the molecule is C[C@@H](NC(=O)Cn1ncc2ccccc2c1=O)c1ccccc1. The number of fused-ring (bicyclic) bond motifs is 1. The third-order valence-electron chi connectivity index (χ3n) is 3.73. The van der Waals surface area contributed by atoms with E-state index in [0.717, 1.165) is 10.9 Å². The maximum absolute atomic E-state index is 12.3. The number of amides is 1. The molecule has 2 aromatic carbocycles. The lowest BCUT2D eigenvalue weighted by Gasteiger charge is -2.14. The molecule has 0 spiro atoms. The molecule has 3 rings (SSSR count). The fourth-order valence-corrected chi connectivity index (χ4v) is 2.49. The fraction of sp³-hybridized carbons (Fsp3) is 0.167. The molecule has 1 atom stereocenters. The van der Waals surface area contributed by atoms with Gasteiger partial charge in [0.2, 0.25) is 5.91 Å². The van der Waals surface area contributed by atoms with Crippen LogP contribution in [0.2, 0.25) is 0 Å². The summed E-state index contributed by atoms with van der Waals surface area (Å²) in [6.45, 7) is 1.81. The second-order valence-corrected chi connectivity index (χ2v) is 5.39. The van der Waals surface area contributed by atoms with Gasteiger partial charge in [0.15, 0.2) is 0 Å². The summed E-state index contributed by atoms with van der Waals surface area (Å²) in [5.74, 6) is -0.244. The largest absolute Gasteiger partial charge is 0.348 e. The topological polar surface area (TPSA) is 64.0 Å². The third kappa shape index (κ3) is 3.29. The normalized spacial score (nSPS) is 12.0. The number of aromatic nitrogens is 2. The Morgan fingerprint density at radius 3 is 2.61 bits per heavy atom. The van der Waals surface area contributed by atoms with E-state index >= 15 is 0 Å². The predicted molar refractivity (Wildman–Crippen MR) is 89.0 cm³/mol. The summed E-state index contributed by atoms with van der Waals surface area (Å²) in [4.78, 5) is 24.5. The second-order valence-electron chi connectivity index (χ2n) is 5.39. The number of rotatable bonds is 4. The van der Waals surface area contributed by atoms with Crippen LogP contribution < -0.4 is 10.9 Å². The van der Waals surface area contributed by atoms with E-state index in [4.69, 9.17) is 0 Å². The number of carbonyl (C=O) groups excluding carboxylic acids is 1. The van der Waals surface area contributed by atoms with E-state index in [2.05, 4.69) is 10.4 Å². The molecule has 0 aliphatic carbocycles. The summed E-state index contributed by atoms with van der Waals surface area (Å²) >= 11 is 0. The molecule has 5 nitrogen and oxygen atoms in total. The number of benzene rings is 2. The van der Waals surface area contributed by atoms with Crippen LogP contribution in [-0.2, 0) is 11.3 Å². The van der Waals surface area contributed by atoms with Crippen LogP contribution in [0, 0.1) is 0 Å². The number of nitrogens with zero attached hydrogens (tertiary/aromatic N) is 2. The molecule has 0 unspecified atom stereocenters. The molecule has 0 aliphatic heterocycles. The summed E-state index contributed by atoms with van der Waals surface area (Å²) in [5.41, 5.74) is 0.755. The number of carbonyl (C=O) groups is 1. The Bertz CT molecular complexity index is 887. The van der Waals surface area contributed by atoms with E-state index < -0.39 is 0 Å². The predicted octanol–water partition coefficient (Wildman–Crippen LogP) is 2.27. The molecule has 0 fully saturated rings. The first-order chi connectivity index (χ1) is 11.1. The maximum Gasteiger partial charge on any atom is 0.275 e. The highest BCUT2D eigenvalue weighted by Crippen LogP contribution is 2.11. The first kappa shape index (κ1) is 15.0. The van der Waals surface area contributed by atoms with Crippen LogP contribution in [0.1, 0.15) is 18.5 Å². The van der Waals surface area contributed by atoms with Gasteiger partial charge in [-0.25, -0.2) is 4.68 Å². The number of nitrogens with one attached hydrogen (secondary N) is 1. The van der Waals surface area contributed by atoms with Crippen molar-refractivity contribution in [1.82, 2.24) is 15.1 Å². The van der Waals surface area contributed by atoms with Crippen LogP contribution in [0.25, 0.3) is 10.8 Å². The maximum atomic E-state index is 12.3. The molecule has 0 saturated heterocycles. The van der Waals surface area contributed by atoms with Crippen molar-refractivity contribution in [3.8, 4) is 0 Å². The van der Waals surface area contributed by atoms with Crippen LogP contribution >= 0.6 is 0 Å². The minimum absolute atomic E-state index is 0.0964. The van der Waals surface area contributed by atoms with Crippen molar-refractivity contribution < 1.29 is 4.79 Å². The minimum Gasteiger partial charge on any atom is -0.348 e. The highest BCUT2D eigenvalue weighted by molar-refractivity contribution is 5.81. The van der Waals surface area contributed by atoms with E-state index in [9.17, 15) is 9.59 Å². The first-order valence-corrected chi connectivity index (χ1v) is 7.44. The summed E-state index contributed by atoms with van der Waals surface area (Å²) in [6, 6.07) is 16.8. The average Bonchev–Trinajstić information content (AvgIpc) is 2.58. The molecule has 116 valence electrons. The molecular formula is C18H17N3O2. The Kier molecular flexibility index (Phi) is 4.19. The summed E-state index contributed by atoms with van der Waals surface area (Å²) in [5, 5.41) is 8.28. The van der Waals surface area contributed by atoms with E-state index in [-0.39, 0.29) is 24.1 Å². The molecule has 0 saturated carbocycles. The molecule has 0 aliphatic rings. The van der Waals surface area contributed by atoms with Gasteiger partial charge in [0.25, 0.3) is 5.56 Å². The zero-order valence-electron chi connectivity index (χ0n) is 12.8. The standard InChI is InChI=1S/C18H17N3O2/c1-13(14-7-3-2-4-8-14)20-17(22)12-21-18(23)16-10-6-5-9-15(16)11-19-21/h2-11,13H,12H2,1H3,(H,20,22)/t13-/m1/s1.